The largest absolute Gasteiger partial charge is 0.324 e. The van der Waals surface area contributed by atoms with Crippen LogP contribution in [0.2, 0.25) is 0 Å². The third-order valence-electron chi connectivity index (χ3n) is 3.62. The Bertz CT molecular complexity index is 1060. The summed E-state index contributed by atoms with van der Waals surface area (Å²) < 4.78 is 15.0. The number of hydrogen-bond donors (Lipinski definition) is 2. The maximum atomic E-state index is 13.7. The predicted octanol–water partition coefficient (Wildman–Crippen LogP) is 2.13. The Labute approximate surface area is 147 Å². The van der Waals surface area contributed by atoms with Crippen molar-refractivity contribution in [2.24, 2.45) is 0 Å². The molecule has 7 nitrogen and oxygen atoms in total. The van der Waals surface area contributed by atoms with Gasteiger partial charge in [0, 0.05) is 12.6 Å². The Kier molecular flexibility index (Phi) is 4.74. The van der Waals surface area contributed by atoms with Crippen LogP contribution in [-0.2, 0) is 16.1 Å². The summed E-state index contributed by atoms with van der Waals surface area (Å²) in [5.74, 6) is -1.51. The second-order valence-electron chi connectivity index (χ2n) is 5.60. The number of rotatable bonds is 4. The summed E-state index contributed by atoms with van der Waals surface area (Å²) in [6, 6.07) is 10.8. The van der Waals surface area contributed by atoms with Crippen LogP contribution in [0, 0.1) is 5.82 Å². The molecule has 3 rings (SSSR count). The van der Waals surface area contributed by atoms with Gasteiger partial charge in [-0.05, 0) is 30.3 Å². The first-order valence-electron chi connectivity index (χ1n) is 7.75. The molecule has 0 radical (unpaired) electrons. The monoisotopic (exact) mass is 354 g/mol. The van der Waals surface area contributed by atoms with Gasteiger partial charge in [-0.15, -0.1) is 0 Å². The number of carbonyl (C=O) groups excluding carboxylic acids is 2. The molecular formula is C18H15FN4O3. The molecular weight excluding hydrogens is 339 g/mol. The highest BCUT2D eigenvalue weighted by Crippen LogP contribution is 2.19. The minimum Gasteiger partial charge on any atom is -0.324 e. The molecule has 8 heteroatoms. The smallest absolute Gasteiger partial charge is 0.269 e. The van der Waals surface area contributed by atoms with Gasteiger partial charge in [0.15, 0.2) is 0 Å². The van der Waals surface area contributed by atoms with Crippen molar-refractivity contribution in [3.8, 4) is 0 Å². The standard InChI is InChI=1S/C18H15FN4O3/c1-11(24)21-15-8-12(6-7-13(15)19)22-17(25)10-23-16-5-3-2-4-14(16)20-9-18(23)26/h2-9H,10H2,1H3,(H,21,24)(H,22,25). The third-order valence-corrected chi connectivity index (χ3v) is 3.62. The second kappa shape index (κ2) is 7.14. The predicted molar refractivity (Wildman–Crippen MR) is 95.3 cm³/mol. The molecule has 0 aliphatic rings. The van der Waals surface area contributed by atoms with E-state index in [-0.39, 0.29) is 12.2 Å². The van der Waals surface area contributed by atoms with E-state index in [2.05, 4.69) is 15.6 Å². The van der Waals surface area contributed by atoms with Gasteiger partial charge in [0.05, 0.1) is 22.9 Å². The summed E-state index contributed by atoms with van der Waals surface area (Å²) in [7, 11) is 0. The van der Waals surface area contributed by atoms with E-state index < -0.39 is 23.2 Å². The lowest BCUT2D eigenvalue weighted by atomic mass is 10.2. The number of amides is 2. The minimum absolute atomic E-state index is 0.0400. The highest BCUT2D eigenvalue weighted by molar-refractivity contribution is 5.93. The molecule has 0 aliphatic heterocycles. The van der Waals surface area contributed by atoms with Gasteiger partial charge in [-0.2, -0.15) is 0 Å². The lowest BCUT2D eigenvalue weighted by Gasteiger charge is -2.11. The van der Waals surface area contributed by atoms with E-state index in [1.54, 1.807) is 24.3 Å². The van der Waals surface area contributed by atoms with Crippen molar-refractivity contribution in [2.45, 2.75) is 13.5 Å². The lowest BCUT2D eigenvalue weighted by molar-refractivity contribution is -0.116. The van der Waals surface area contributed by atoms with Gasteiger partial charge in [0.2, 0.25) is 11.8 Å². The Morgan fingerprint density at radius 1 is 1.15 bits per heavy atom. The van der Waals surface area contributed by atoms with Gasteiger partial charge in [-0.1, -0.05) is 12.1 Å². The summed E-state index contributed by atoms with van der Waals surface area (Å²) in [5.41, 5.74) is 0.980. The third kappa shape index (κ3) is 3.75. The Hall–Kier alpha value is -3.55. The quantitative estimate of drug-likeness (QED) is 0.751. The zero-order chi connectivity index (χ0) is 18.7. The number of para-hydroxylation sites is 2. The molecule has 0 spiro atoms. The fourth-order valence-electron chi connectivity index (χ4n) is 2.51. The van der Waals surface area contributed by atoms with Crippen LogP contribution in [0.25, 0.3) is 11.0 Å². The van der Waals surface area contributed by atoms with E-state index in [0.29, 0.717) is 16.7 Å². The number of fused-ring (bicyclic) bond motifs is 1. The molecule has 132 valence electrons. The lowest BCUT2D eigenvalue weighted by Crippen LogP contribution is -2.28. The number of hydrogen-bond acceptors (Lipinski definition) is 4. The van der Waals surface area contributed by atoms with Crippen molar-refractivity contribution in [3.05, 3.63) is 64.8 Å². The molecule has 0 bridgehead atoms. The summed E-state index contributed by atoms with van der Waals surface area (Å²) in [6.45, 7) is 1.03. The molecule has 3 aromatic rings. The Morgan fingerprint density at radius 3 is 2.69 bits per heavy atom. The highest BCUT2D eigenvalue weighted by atomic mass is 19.1. The van der Waals surface area contributed by atoms with E-state index in [4.69, 9.17) is 0 Å². The number of carbonyl (C=O) groups is 2. The zero-order valence-corrected chi connectivity index (χ0v) is 13.8. The van der Waals surface area contributed by atoms with Crippen LogP contribution in [0.1, 0.15) is 6.92 Å². The summed E-state index contributed by atoms with van der Waals surface area (Å²) in [5, 5.41) is 4.93. The number of nitrogens with zero attached hydrogens (tertiary/aromatic N) is 2. The first kappa shape index (κ1) is 17.3. The normalized spacial score (nSPS) is 10.5. The molecule has 2 aromatic carbocycles. The van der Waals surface area contributed by atoms with Crippen molar-refractivity contribution in [2.75, 3.05) is 10.6 Å². The van der Waals surface area contributed by atoms with Gasteiger partial charge in [-0.25, -0.2) is 9.37 Å². The maximum Gasteiger partial charge on any atom is 0.269 e. The molecule has 0 saturated carbocycles. The van der Waals surface area contributed by atoms with Crippen LogP contribution in [0.4, 0.5) is 15.8 Å². The number of anilines is 2. The first-order valence-corrected chi connectivity index (χ1v) is 7.75. The molecule has 2 N–H and O–H groups in total. The molecule has 2 amide bonds. The molecule has 0 aliphatic carbocycles. The van der Waals surface area contributed by atoms with Crippen LogP contribution >= 0.6 is 0 Å². The maximum absolute atomic E-state index is 13.7. The van der Waals surface area contributed by atoms with E-state index in [1.807, 2.05) is 0 Å². The molecule has 26 heavy (non-hydrogen) atoms. The van der Waals surface area contributed by atoms with E-state index >= 15 is 0 Å². The van der Waals surface area contributed by atoms with E-state index in [9.17, 15) is 18.8 Å². The van der Waals surface area contributed by atoms with E-state index in [0.717, 1.165) is 12.3 Å². The number of benzene rings is 2. The van der Waals surface area contributed by atoms with Gasteiger partial charge in [0.1, 0.15) is 12.4 Å². The number of aromatic nitrogens is 2. The molecule has 0 saturated heterocycles. The SMILES string of the molecule is CC(=O)Nc1cc(NC(=O)Cn2c(=O)cnc3ccccc32)ccc1F. The van der Waals surface area contributed by atoms with Crippen molar-refractivity contribution in [3.63, 3.8) is 0 Å². The fourth-order valence-corrected chi connectivity index (χ4v) is 2.51. The van der Waals surface area contributed by atoms with E-state index in [1.165, 1.54) is 23.6 Å². The van der Waals surface area contributed by atoms with Crippen LogP contribution < -0.4 is 16.2 Å². The average Bonchev–Trinajstić information content (AvgIpc) is 2.60. The van der Waals surface area contributed by atoms with Crippen molar-refractivity contribution in [1.29, 1.82) is 0 Å². The van der Waals surface area contributed by atoms with Gasteiger partial charge >= 0.3 is 0 Å². The van der Waals surface area contributed by atoms with Crippen molar-refractivity contribution >= 4 is 34.2 Å². The van der Waals surface area contributed by atoms with Crippen LogP contribution in [0.15, 0.2) is 53.5 Å². The van der Waals surface area contributed by atoms with Gasteiger partial charge in [0.25, 0.3) is 5.56 Å². The number of nitrogens with one attached hydrogen (secondary N) is 2. The summed E-state index contributed by atoms with van der Waals surface area (Å²) in [4.78, 5) is 39.5. The van der Waals surface area contributed by atoms with Gasteiger partial charge < -0.3 is 10.6 Å². The molecule has 0 unspecified atom stereocenters. The van der Waals surface area contributed by atoms with Crippen LogP contribution in [0.3, 0.4) is 0 Å². The number of halogens is 1. The fraction of sp³-hybridized carbons (Fsp3) is 0.111. The topological polar surface area (TPSA) is 93.1 Å². The Balaban J connectivity index is 1.83. The average molecular weight is 354 g/mol. The van der Waals surface area contributed by atoms with Crippen LogP contribution in [0.5, 0.6) is 0 Å². The van der Waals surface area contributed by atoms with Crippen LogP contribution in [-0.4, -0.2) is 21.4 Å². The molecule has 0 fully saturated rings. The van der Waals surface area contributed by atoms with Crippen molar-refractivity contribution < 1.29 is 14.0 Å². The highest BCUT2D eigenvalue weighted by Gasteiger charge is 2.11. The first-order chi connectivity index (χ1) is 12.4. The molecule has 1 heterocycles. The molecule has 1 aromatic heterocycles. The molecule has 0 atom stereocenters. The minimum atomic E-state index is -0.616. The van der Waals surface area contributed by atoms with Crippen molar-refractivity contribution in [1.82, 2.24) is 9.55 Å². The zero-order valence-electron chi connectivity index (χ0n) is 13.8. The Morgan fingerprint density at radius 2 is 1.92 bits per heavy atom. The second-order valence-corrected chi connectivity index (χ2v) is 5.60. The summed E-state index contributed by atoms with van der Waals surface area (Å²) >= 11 is 0. The van der Waals surface area contributed by atoms with Gasteiger partial charge in [-0.3, -0.25) is 19.0 Å². The summed E-state index contributed by atoms with van der Waals surface area (Å²) in [6.07, 6.45) is 1.16.